The van der Waals surface area contributed by atoms with E-state index in [1.54, 1.807) is 13.0 Å². The highest BCUT2D eigenvalue weighted by atomic mass is 16.5. The molecule has 0 aromatic carbocycles. The highest BCUT2D eigenvalue weighted by molar-refractivity contribution is 5.76. The normalized spacial score (nSPS) is 20.6. The molecule has 1 aromatic rings. The van der Waals surface area contributed by atoms with Crippen molar-refractivity contribution >= 4 is 11.7 Å². The van der Waals surface area contributed by atoms with Crippen LogP contribution in [0.5, 0.6) is 0 Å². The van der Waals surface area contributed by atoms with Gasteiger partial charge in [-0.15, -0.1) is 0 Å². The number of hydrogen-bond donors (Lipinski definition) is 0. The molecule has 0 N–H and O–H groups in total. The van der Waals surface area contributed by atoms with Crippen LogP contribution in [0.4, 0.5) is 0 Å². The Morgan fingerprint density at radius 2 is 2.12 bits per heavy atom. The lowest BCUT2D eigenvalue weighted by atomic mass is 9.86. The summed E-state index contributed by atoms with van der Waals surface area (Å²) in [7, 11) is 0. The maximum Gasteiger partial charge on any atom is 0.336 e. The van der Waals surface area contributed by atoms with E-state index in [1.165, 1.54) is 0 Å². The van der Waals surface area contributed by atoms with Gasteiger partial charge in [0.2, 0.25) is 0 Å². The molecule has 25 heavy (non-hydrogen) atoms. The second-order valence-corrected chi connectivity index (χ2v) is 7.00. The average Bonchev–Trinajstić information content (AvgIpc) is 2.53. The van der Waals surface area contributed by atoms with Gasteiger partial charge in [0.05, 0.1) is 5.56 Å². The van der Waals surface area contributed by atoms with Crippen LogP contribution < -0.4 is 5.63 Å². The SMILES string of the molecule is CCCc1cc(=O)oc2c1C1=C(C=CC(C)(C)O1)C(OC(=O)CC)C2. The van der Waals surface area contributed by atoms with Crippen molar-refractivity contribution in [2.24, 2.45) is 0 Å². The summed E-state index contributed by atoms with van der Waals surface area (Å²) >= 11 is 0. The van der Waals surface area contributed by atoms with Gasteiger partial charge in [-0.3, -0.25) is 4.79 Å². The molecule has 2 aliphatic rings. The molecule has 1 unspecified atom stereocenters. The van der Waals surface area contributed by atoms with Crippen molar-refractivity contribution in [1.29, 1.82) is 0 Å². The van der Waals surface area contributed by atoms with Gasteiger partial charge in [0, 0.05) is 24.5 Å². The molecule has 0 bridgehead atoms. The zero-order valence-electron chi connectivity index (χ0n) is 15.2. The summed E-state index contributed by atoms with van der Waals surface area (Å²) in [6.07, 6.45) is 5.74. The third-order valence-electron chi connectivity index (χ3n) is 4.43. The fourth-order valence-electron chi connectivity index (χ4n) is 3.27. The van der Waals surface area contributed by atoms with Crippen molar-refractivity contribution in [3.05, 3.63) is 51.1 Å². The molecule has 5 heteroatoms. The number of hydrogen-bond acceptors (Lipinski definition) is 5. The van der Waals surface area contributed by atoms with Gasteiger partial charge in [-0.2, -0.15) is 0 Å². The number of aryl methyl sites for hydroxylation is 1. The Kier molecular flexibility index (Phi) is 4.58. The lowest BCUT2D eigenvalue weighted by molar-refractivity contribution is -0.147. The van der Waals surface area contributed by atoms with Gasteiger partial charge >= 0.3 is 11.6 Å². The van der Waals surface area contributed by atoms with Gasteiger partial charge in [-0.1, -0.05) is 26.3 Å². The summed E-state index contributed by atoms with van der Waals surface area (Å²) in [6, 6.07) is 1.54. The fourth-order valence-corrected chi connectivity index (χ4v) is 3.27. The predicted octanol–water partition coefficient (Wildman–Crippen LogP) is 3.55. The summed E-state index contributed by atoms with van der Waals surface area (Å²) in [6.45, 7) is 7.75. The van der Waals surface area contributed by atoms with Crippen molar-refractivity contribution in [3.63, 3.8) is 0 Å². The first kappa shape index (κ1) is 17.5. The van der Waals surface area contributed by atoms with E-state index in [-0.39, 0.29) is 11.6 Å². The van der Waals surface area contributed by atoms with Crippen LogP contribution in [0.3, 0.4) is 0 Å². The second kappa shape index (κ2) is 6.54. The van der Waals surface area contributed by atoms with Gasteiger partial charge in [0.15, 0.2) is 0 Å². The molecule has 134 valence electrons. The van der Waals surface area contributed by atoms with Crippen LogP contribution in [-0.4, -0.2) is 17.7 Å². The summed E-state index contributed by atoms with van der Waals surface area (Å²) in [5, 5.41) is 0. The number of rotatable bonds is 4. The van der Waals surface area contributed by atoms with E-state index in [4.69, 9.17) is 13.9 Å². The first-order valence-electron chi connectivity index (χ1n) is 8.82. The van der Waals surface area contributed by atoms with Gasteiger partial charge in [-0.05, 0) is 31.9 Å². The molecule has 3 rings (SSSR count). The summed E-state index contributed by atoms with van der Waals surface area (Å²) in [5.74, 6) is 0.912. The molecule has 1 aliphatic carbocycles. The molecule has 1 aliphatic heterocycles. The first-order valence-corrected chi connectivity index (χ1v) is 8.82. The van der Waals surface area contributed by atoms with Gasteiger partial charge < -0.3 is 13.9 Å². The molecule has 0 saturated carbocycles. The topological polar surface area (TPSA) is 65.7 Å². The van der Waals surface area contributed by atoms with Crippen molar-refractivity contribution in [3.8, 4) is 0 Å². The monoisotopic (exact) mass is 344 g/mol. The van der Waals surface area contributed by atoms with Crippen LogP contribution in [-0.2, 0) is 27.1 Å². The third kappa shape index (κ3) is 3.41. The Morgan fingerprint density at radius 1 is 1.36 bits per heavy atom. The Bertz CT molecular complexity index is 810. The summed E-state index contributed by atoms with van der Waals surface area (Å²) in [5.41, 5.74) is 1.74. The van der Waals surface area contributed by atoms with Crippen LogP contribution in [0.2, 0.25) is 0 Å². The summed E-state index contributed by atoms with van der Waals surface area (Å²) < 4.78 is 17.3. The molecule has 5 nitrogen and oxygen atoms in total. The van der Waals surface area contributed by atoms with Gasteiger partial charge in [-0.25, -0.2) is 4.79 Å². The Balaban J connectivity index is 2.16. The lowest BCUT2D eigenvalue weighted by Crippen LogP contribution is -2.34. The van der Waals surface area contributed by atoms with Gasteiger partial charge in [0.25, 0.3) is 0 Å². The second-order valence-electron chi connectivity index (χ2n) is 7.00. The highest BCUT2D eigenvalue weighted by Gasteiger charge is 2.37. The first-order chi connectivity index (χ1) is 11.8. The minimum absolute atomic E-state index is 0.286. The standard InChI is InChI=1S/C20H24O5/c1-5-7-12-10-17(22)24-15-11-14(23-16(21)6-2)13-8-9-20(3,4)25-19(13)18(12)15/h8-10,14H,5-7,11H2,1-4H3. The van der Waals surface area contributed by atoms with Crippen LogP contribution in [0, 0.1) is 0 Å². The van der Waals surface area contributed by atoms with Crippen molar-refractivity contribution in [1.82, 2.24) is 0 Å². The van der Waals surface area contributed by atoms with E-state index < -0.39 is 11.7 Å². The Morgan fingerprint density at radius 3 is 2.80 bits per heavy atom. The van der Waals surface area contributed by atoms with E-state index in [1.807, 2.05) is 26.0 Å². The summed E-state index contributed by atoms with van der Waals surface area (Å²) in [4.78, 5) is 23.8. The third-order valence-corrected chi connectivity index (χ3v) is 4.43. The van der Waals surface area contributed by atoms with Gasteiger partial charge in [0.1, 0.15) is 23.2 Å². The van der Waals surface area contributed by atoms with Crippen LogP contribution >= 0.6 is 0 Å². The van der Waals surface area contributed by atoms with E-state index in [9.17, 15) is 9.59 Å². The molecule has 0 saturated heterocycles. The predicted molar refractivity (Wildman–Crippen MR) is 94.1 cm³/mol. The molecule has 0 amide bonds. The number of carbonyl (C=O) groups is 1. The molecule has 0 fully saturated rings. The molecule has 2 heterocycles. The molecule has 0 spiro atoms. The van der Waals surface area contributed by atoms with Crippen molar-refractivity contribution in [2.75, 3.05) is 0 Å². The van der Waals surface area contributed by atoms with E-state index >= 15 is 0 Å². The quantitative estimate of drug-likeness (QED) is 0.782. The van der Waals surface area contributed by atoms with E-state index in [0.717, 1.165) is 29.5 Å². The molecular weight excluding hydrogens is 320 g/mol. The van der Waals surface area contributed by atoms with Crippen LogP contribution in [0.1, 0.15) is 57.4 Å². The van der Waals surface area contributed by atoms with Crippen LogP contribution in [0.25, 0.3) is 5.76 Å². The molecule has 1 atom stereocenters. The molecular formula is C20H24O5. The van der Waals surface area contributed by atoms with Crippen molar-refractivity contribution in [2.45, 2.75) is 65.1 Å². The van der Waals surface area contributed by atoms with E-state index in [0.29, 0.717) is 24.4 Å². The smallest absolute Gasteiger partial charge is 0.336 e. The Labute approximate surface area is 147 Å². The van der Waals surface area contributed by atoms with Crippen molar-refractivity contribution < 1.29 is 18.7 Å². The number of carbonyl (C=O) groups excluding carboxylic acids is 1. The minimum Gasteiger partial charge on any atom is -0.483 e. The largest absolute Gasteiger partial charge is 0.483 e. The van der Waals surface area contributed by atoms with Crippen LogP contribution in [0.15, 0.2) is 33.0 Å². The minimum atomic E-state index is -0.498. The number of ether oxygens (including phenoxy) is 2. The van der Waals surface area contributed by atoms with E-state index in [2.05, 4.69) is 6.92 Å². The number of esters is 1. The maximum absolute atomic E-state index is 12.0. The highest BCUT2D eigenvalue weighted by Crippen LogP contribution is 2.41. The maximum atomic E-state index is 12.0. The number of fused-ring (bicyclic) bond motifs is 2. The molecule has 1 aromatic heterocycles. The fraction of sp³-hybridized carbons (Fsp3) is 0.500. The zero-order valence-corrected chi connectivity index (χ0v) is 15.2. The zero-order chi connectivity index (χ0) is 18.2. The lowest BCUT2D eigenvalue weighted by Gasteiger charge is -2.36. The Hall–Kier alpha value is -2.30. The molecule has 0 radical (unpaired) electrons. The average molecular weight is 344 g/mol.